The average molecular weight is 216 g/mol. The Morgan fingerprint density at radius 3 is 3.00 bits per heavy atom. The van der Waals surface area contributed by atoms with Gasteiger partial charge in [0.2, 0.25) is 0 Å². The van der Waals surface area contributed by atoms with Gasteiger partial charge in [0.1, 0.15) is 0 Å². The number of nitrogens with zero attached hydrogens (tertiary/aromatic N) is 1. The molecule has 1 rings (SSSR count). The van der Waals surface area contributed by atoms with Crippen molar-refractivity contribution in [3.05, 3.63) is 0 Å². The first-order valence-corrected chi connectivity index (χ1v) is 7.06. The summed E-state index contributed by atoms with van der Waals surface area (Å²) in [5, 5.41) is 3.49. The lowest BCUT2D eigenvalue weighted by Crippen LogP contribution is -2.51. The molecular formula is C11H24N2S. The Morgan fingerprint density at radius 1 is 1.43 bits per heavy atom. The summed E-state index contributed by atoms with van der Waals surface area (Å²) >= 11 is 2.06. The molecule has 1 saturated heterocycles. The molecule has 0 saturated carbocycles. The Hall–Kier alpha value is 0.270. The van der Waals surface area contributed by atoms with E-state index in [9.17, 15) is 0 Å². The van der Waals surface area contributed by atoms with E-state index in [4.69, 9.17) is 0 Å². The second-order valence-corrected chi connectivity index (χ2v) is 5.27. The third-order valence-corrected chi connectivity index (χ3v) is 3.70. The molecule has 2 nitrogen and oxygen atoms in total. The van der Waals surface area contributed by atoms with Gasteiger partial charge in [-0.15, -0.1) is 0 Å². The monoisotopic (exact) mass is 216 g/mol. The normalized spacial score (nSPS) is 24.0. The van der Waals surface area contributed by atoms with Crippen LogP contribution in [0.4, 0.5) is 0 Å². The first-order chi connectivity index (χ1) is 6.88. The number of thioether (sulfide) groups is 1. The highest BCUT2D eigenvalue weighted by Crippen LogP contribution is 2.10. The van der Waals surface area contributed by atoms with Crippen molar-refractivity contribution in [1.82, 2.24) is 10.2 Å². The van der Waals surface area contributed by atoms with E-state index in [2.05, 4.69) is 35.8 Å². The lowest BCUT2D eigenvalue weighted by atomic mass is 10.1. The number of rotatable bonds is 6. The summed E-state index contributed by atoms with van der Waals surface area (Å²) in [7, 11) is 0. The Balaban J connectivity index is 2.22. The molecule has 84 valence electrons. The Kier molecular flexibility index (Phi) is 6.65. The van der Waals surface area contributed by atoms with E-state index < -0.39 is 0 Å². The quantitative estimate of drug-likeness (QED) is 0.682. The zero-order valence-corrected chi connectivity index (χ0v) is 10.4. The number of hydrogen-bond acceptors (Lipinski definition) is 3. The zero-order valence-electron chi connectivity index (χ0n) is 9.59. The first kappa shape index (κ1) is 12.3. The van der Waals surface area contributed by atoms with Crippen LogP contribution in [0.25, 0.3) is 0 Å². The van der Waals surface area contributed by atoms with Gasteiger partial charge in [0.15, 0.2) is 0 Å². The summed E-state index contributed by atoms with van der Waals surface area (Å²) in [4.78, 5) is 2.67. The summed E-state index contributed by atoms with van der Waals surface area (Å²) in [6.07, 6.45) is 2.66. The molecule has 0 amide bonds. The second kappa shape index (κ2) is 7.55. The lowest BCUT2D eigenvalue weighted by Gasteiger charge is -2.36. The summed E-state index contributed by atoms with van der Waals surface area (Å²) in [6, 6.07) is 0.797. The number of hydrogen-bond donors (Lipinski definition) is 1. The highest BCUT2D eigenvalue weighted by molar-refractivity contribution is 7.99. The Morgan fingerprint density at radius 2 is 2.29 bits per heavy atom. The van der Waals surface area contributed by atoms with E-state index >= 15 is 0 Å². The van der Waals surface area contributed by atoms with E-state index in [0.29, 0.717) is 0 Å². The molecule has 1 heterocycles. The van der Waals surface area contributed by atoms with Crippen LogP contribution < -0.4 is 5.32 Å². The van der Waals surface area contributed by atoms with Gasteiger partial charge in [0.05, 0.1) is 0 Å². The number of piperazine rings is 1. The fourth-order valence-electron chi connectivity index (χ4n) is 2.04. The molecule has 1 aliphatic heterocycles. The fraction of sp³-hybridized carbons (Fsp3) is 1.00. The molecule has 0 aromatic carbocycles. The van der Waals surface area contributed by atoms with Gasteiger partial charge in [-0.2, -0.15) is 11.8 Å². The fourth-order valence-corrected chi connectivity index (χ4v) is 2.69. The molecule has 1 unspecified atom stereocenters. The van der Waals surface area contributed by atoms with E-state index in [1.165, 1.54) is 50.5 Å². The average Bonchev–Trinajstić information content (AvgIpc) is 2.21. The van der Waals surface area contributed by atoms with Gasteiger partial charge in [0, 0.05) is 38.0 Å². The molecule has 14 heavy (non-hydrogen) atoms. The molecule has 1 N–H and O–H groups in total. The van der Waals surface area contributed by atoms with Gasteiger partial charge in [-0.05, 0) is 12.2 Å². The maximum absolute atomic E-state index is 3.49. The molecule has 0 spiro atoms. The molecular weight excluding hydrogens is 192 g/mol. The van der Waals surface area contributed by atoms with Gasteiger partial charge < -0.3 is 5.32 Å². The Labute approximate surface area is 92.8 Å². The van der Waals surface area contributed by atoms with E-state index in [1.807, 2.05) is 0 Å². The topological polar surface area (TPSA) is 15.3 Å². The molecule has 0 radical (unpaired) electrons. The first-order valence-electron chi connectivity index (χ1n) is 5.91. The van der Waals surface area contributed by atoms with Crippen molar-refractivity contribution in [3.63, 3.8) is 0 Å². The van der Waals surface area contributed by atoms with Crippen LogP contribution >= 0.6 is 11.8 Å². The van der Waals surface area contributed by atoms with E-state index in [-0.39, 0.29) is 0 Å². The van der Waals surface area contributed by atoms with Crippen molar-refractivity contribution in [3.8, 4) is 0 Å². The van der Waals surface area contributed by atoms with Crippen LogP contribution in [0.1, 0.15) is 26.7 Å². The van der Waals surface area contributed by atoms with Gasteiger partial charge in [-0.1, -0.05) is 20.3 Å². The predicted octanol–water partition coefficient (Wildman–Crippen LogP) is 1.81. The highest BCUT2D eigenvalue weighted by Gasteiger charge is 2.20. The molecule has 0 aromatic rings. The van der Waals surface area contributed by atoms with E-state index in [1.54, 1.807) is 0 Å². The van der Waals surface area contributed by atoms with Gasteiger partial charge in [-0.25, -0.2) is 0 Å². The zero-order chi connectivity index (χ0) is 10.2. The van der Waals surface area contributed by atoms with Crippen LogP contribution in [0.15, 0.2) is 0 Å². The van der Waals surface area contributed by atoms with Crippen LogP contribution in [0, 0.1) is 0 Å². The molecule has 0 aliphatic carbocycles. The summed E-state index contributed by atoms with van der Waals surface area (Å²) in [5.41, 5.74) is 0. The highest BCUT2D eigenvalue weighted by atomic mass is 32.2. The molecule has 0 aromatic heterocycles. The largest absolute Gasteiger partial charge is 0.314 e. The van der Waals surface area contributed by atoms with Gasteiger partial charge in [-0.3, -0.25) is 4.90 Å². The van der Waals surface area contributed by atoms with Crippen LogP contribution in [0.3, 0.4) is 0 Å². The molecule has 1 atom stereocenters. The molecule has 1 aliphatic rings. The van der Waals surface area contributed by atoms with Crippen LogP contribution in [-0.2, 0) is 0 Å². The maximum Gasteiger partial charge on any atom is 0.0221 e. The standard InChI is InChI=1S/C11H24N2S/c1-3-5-11-10-12-6-7-13(11)8-9-14-4-2/h11-12H,3-10H2,1-2H3. The summed E-state index contributed by atoms with van der Waals surface area (Å²) < 4.78 is 0. The van der Waals surface area contributed by atoms with Crippen LogP contribution in [-0.4, -0.2) is 48.6 Å². The third-order valence-electron chi connectivity index (χ3n) is 2.82. The van der Waals surface area contributed by atoms with E-state index in [0.717, 1.165) is 6.04 Å². The minimum Gasteiger partial charge on any atom is -0.314 e. The minimum atomic E-state index is 0.797. The molecule has 1 fully saturated rings. The SMILES string of the molecule is CCCC1CNCCN1CCSCC. The Bertz CT molecular complexity index is 139. The summed E-state index contributed by atoms with van der Waals surface area (Å²) in [5.74, 6) is 2.56. The predicted molar refractivity (Wildman–Crippen MR) is 66.1 cm³/mol. The van der Waals surface area contributed by atoms with Crippen molar-refractivity contribution in [1.29, 1.82) is 0 Å². The molecule has 0 bridgehead atoms. The maximum atomic E-state index is 3.49. The van der Waals surface area contributed by atoms with Crippen LogP contribution in [0.5, 0.6) is 0 Å². The van der Waals surface area contributed by atoms with Crippen molar-refractivity contribution >= 4 is 11.8 Å². The summed E-state index contributed by atoms with van der Waals surface area (Å²) in [6.45, 7) is 9.43. The van der Waals surface area contributed by atoms with Crippen molar-refractivity contribution in [2.75, 3.05) is 37.7 Å². The van der Waals surface area contributed by atoms with Crippen LogP contribution in [0.2, 0.25) is 0 Å². The van der Waals surface area contributed by atoms with Crippen molar-refractivity contribution in [2.24, 2.45) is 0 Å². The van der Waals surface area contributed by atoms with Gasteiger partial charge in [0.25, 0.3) is 0 Å². The number of nitrogens with one attached hydrogen (secondary N) is 1. The second-order valence-electron chi connectivity index (χ2n) is 3.88. The minimum absolute atomic E-state index is 0.797. The van der Waals surface area contributed by atoms with Crippen molar-refractivity contribution < 1.29 is 0 Å². The lowest BCUT2D eigenvalue weighted by molar-refractivity contribution is 0.162. The van der Waals surface area contributed by atoms with Crippen molar-refractivity contribution in [2.45, 2.75) is 32.7 Å². The van der Waals surface area contributed by atoms with Gasteiger partial charge >= 0.3 is 0 Å². The smallest absolute Gasteiger partial charge is 0.0221 e. The third kappa shape index (κ3) is 4.20. The molecule has 3 heteroatoms.